The zero-order valence-electron chi connectivity index (χ0n) is 14.4. The summed E-state index contributed by atoms with van der Waals surface area (Å²) in [5.41, 5.74) is 4.80. The number of aromatic nitrogens is 3. The molecule has 1 N–H and O–H groups in total. The number of nitrogens with zero attached hydrogens (tertiary/aromatic N) is 3. The summed E-state index contributed by atoms with van der Waals surface area (Å²) in [5.74, 6) is 0. The van der Waals surface area contributed by atoms with Crippen LogP contribution in [0.4, 0.5) is 5.69 Å². The van der Waals surface area contributed by atoms with Gasteiger partial charge >= 0.3 is 0 Å². The second-order valence-corrected chi connectivity index (χ2v) is 7.51. The summed E-state index contributed by atoms with van der Waals surface area (Å²) in [6, 6.07) is 10.5. The van der Waals surface area contributed by atoms with Gasteiger partial charge in [-0.05, 0) is 54.6 Å². The van der Waals surface area contributed by atoms with Crippen LogP contribution in [-0.2, 0) is 6.42 Å². The molecule has 2 aliphatic carbocycles. The van der Waals surface area contributed by atoms with Crippen molar-refractivity contribution in [2.45, 2.75) is 32.2 Å². The lowest BCUT2D eigenvalue weighted by Crippen LogP contribution is -2.18. The molecule has 0 amide bonds. The van der Waals surface area contributed by atoms with Gasteiger partial charge in [-0.15, -0.1) is 0 Å². The van der Waals surface area contributed by atoms with Crippen molar-refractivity contribution in [3.63, 3.8) is 0 Å². The van der Waals surface area contributed by atoms with E-state index in [1.54, 1.807) is 17.1 Å². The third-order valence-corrected chi connectivity index (χ3v) is 5.78. The molecular weight excluding hydrogens is 344 g/mol. The molecule has 0 radical (unpaired) electrons. The van der Waals surface area contributed by atoms with Crippen LogP contribution in [0.25, 0.3) is 27.0 Å². The molecule has 0 saturated heterocycles. The van der Waals surface area contributed by atoms with Gasteiger partial charge < -0.3 is 5.32 Å². The standard InChI is InChI=1S/C20H18N4OS/c1-2-12-3-7-14(8-4-12)24-11-21-18-16(20(24)25)19-15(9-10-22-26-19)17(18)23-13-5-6-13/h3-4,7-11,13,23H,2,5-6H2,1H3. The Balaban J connectivity index is 1.74. The van der Waals surface area contributed by atoms with Crippen LogP contribution in [0.2, 0.25) is 0 Å². The lowest BCUT2D eigenvalue weighted by molar-refractivity contribution is 0.962. The molecule has 5 nitrogen and oxygen atoms in total. The molecule has 2 heterocycles. The SMILES string of the molecule is CCc1ccc(-n2cnc3c(NC4CC4)c4ccnsc-4c3c2=O)cc1. The second kappa shape index (κ2) is 5.92. The van der Waals surface area contributed by atoms with Crippen LogP contribution in [0.15, 0.2) is 47.7 Å². The fraction of sp³-hybridized carbons (Fsp3) is 0.250. The van der Waals surface area contributed by atoms with E-state index in [1.807, 2.05) is 18.2 Å². The Morgan fingerprint density at radius 1 is 1.23 bits per heavy atom. The summed E-state index contributed by atoms with van der Waals surface area (Å²) in [6.07, 6.45) is 6.74. The van der Waals surface area contributed by atoms with Gasteiger partial charge in [-0.3, -0.25) is 9.36 Å². The topological polar surface area (TPSA) is 59.8 Å². The van der Waals surface area contributed by atoms with Crippen LogP contribution in [0, 0.1) is 0 Å². The minimum Gasteiger partial charge on any atom is -0.380 e. The molecule has 1 fully saturated rings. The molecule has 26 heavy (non-hydrogen) atoms. The molecule has 0 atom stereocenters. The van der Waals surface area contributed by atoms with E-state index in [1.165, 1.54) is 29.9 Å². The van der Waals surface area contributed by atoms with Gasteiger partial charge in [0.25, 0.3) is 5.56 Å². The molecule has 0 bridgehead atoms. The first-order valence-corrected chi connectivity index (χ1v) is 9.67. The van der Waals surface area contributed by atoms with Gasteiger partial charge in [0.1, 0.15) is 11.8 Å². The van der Waals surface area contributed by atoms with Crippen molar-refractivity contribution in [2.75, 3.05) is 5.32 Å². The lowest BCUT2D eigenvalue weighted by Gasteiger charge is -2.07. The van der Waals surface area contributed by atoms with Gasteiger partial charge in [0.05, 0.1) is 21.6 Å². The number of fused-ring (bicyclic) bond motifs is 3. The molecule has 130 valence electrons. The Bertz CT molecular complexity index is 1120. The van der Waals surface area contributed by atoms with Gasteiger partial charge in [0, 0.05) is 17.8 Å². The Kier molecular flexibility index (Phi) is 3.53. The highest BCUT2D eigenvalue weighted by molar-refractivity contribution is 7.10. The number of nitrogens with one attached hydrogen (secondary N) is 1. The van der Waals surface area contributed by atoms with Crippen molar-refractivity contribution in [1.82, 2.24) is 13.9 Å². The normalized spacial score (nSPS) is 14.2. The first-order valence-electron chi connectivity index (χ1n) is 8.90. The molecule has 2 aromatic rings. The molecule has 1 saturated carbocycles. The lowest BCUT2D eigenvalue weighted by atomic mass is 10.1. The molecule has 0 unspecified atom stereocenters. The van der Waals surface area contributed by atoms with Crippen molar-refractivity contribution in [3.05, 3.63) is 58.8 Å². The summed E-state index contributed by atoms with van der Waals surface area (Å²) in [7, 11) is 0. The maximum absolute atomic E-state index is 13.3. The largest absolute Gasteiger partial charge is 0.380 e. The van der Waals surface area contributed by atoms with E-state index in [2.05, 4.69) is 33.7 Å². The summed E-state index contributed by atoms with van der Waals surface area (Å²) < 4.78 is 5.90. The Morgan fingerprint density at radius 3 is 2.77 bits per heavy atom. The van der Waals surface area contributed by atoms with Crippen molar-refractivity contribution in [2.24, 2.45) is 0 Å². The fourth-order valence-electron chi connectivity index (χ4n) is 3.32. The van der Waals surface area contributed by atoms with Crippen LogP contribution in [0.3, 0.4) is 0 Å². The summed E-state index contributed by atoms with van der Waals surface area (Å²) >= 11 is 1.36. The van der Waals surface area contributed by atoms with Crippen LogP contribution >= 0.6 is 11.5 Å². The van der Waals surface area contributed by atoms with Gasteiger partial charge in [0.2, 0.25) is 0 Å². The molecule has 3 aliphatic rings. The highest BCUT2D eigenvalue weighted by atomic mass is 32.1. The molecule has 0 spiro atoms. The third-order valence-electron chi connectivity index (χ3n) is 4.94. The van der Waals surface area contributed by atoms with Gasteiger partial charge in [-0.2, -0.15) is 0 Å². The predicted octanol–water partition coefficient (Wildman–Crippen LogP) is 4.08. The number of hydrogen-bond acceptors (Lipinski definition) is 5. The first-order chi connectivity index (χ1) is 12.8. The minimum atomic E-state index is -0.0441. The molecule has 1 aromatic heterocycles. The van der Waals surface area contributed by atoms with E-state index in [-0.39, 0.29) is 5.56 Å². The maximum Gasteiger partial charge on any atom is 0.267 e. The van der Waals surface area contributed by atoms with Crippen molar-refractivity contribution in [1.29, 1.82) is 0 Å². The maximum atomic E-state index is 13.3. The number of aryl methyl sites for hydroxylation is 1. The van der Waals surface area contributed by atoms with E-state index in [4.69, 9.17) is 0 Å². The van der Waals surface area contributed by atoms with Gasteiger partial charge in [-0.25, -0.2) is 9.36 Å². The van der Waals surface area contributed by atoms with E-state index >= 15 is 0 Å². The van der Waals surface area contributed by atoms with Crippen LogP contribution in [0.1, 0.15) is 25.3 Å². The van der Waals surface area contributed by atoms with Crippen LogP contribution in [0.5, 0.6) is 0 Å². The summed E-state index contributed by atoms with van der Waals surface area (Å²) in [6.45, 7) is 2.12. The zero-order valence-corrected chi connectivity index (χ0v) is 15.2. The zero-order chi connectivity index (χ0) is 17.7. The molecule has 6 heteroatoms. The second-order valence-electron chi connectivity index (χ2n) is 6.71. The number of benzene rings is 1. The number of hydrogen-bond donors (Lipinski definition) is 1. The molecule has 1 aliphatic heterocycles. The first kappa shape index (κ1) is 15.5. The highest BCUT2D eigenvalue weighted by Gasteiger charge is 2.28. The van der Waals surface area contributed by atoms with Gasteiger partial charge in [0.15, 0.2) is 0 Å². The third kappa shape index (κ3) is 2.41. The smallest absolute Gasteiger partial charge is 0.267 e. The summed E-state index contributed by atoms with van der Waals surface area (Å²) in [5, 5.41) is 4.21. The van der Waals surface area contributed by atoms with Crippen molar-refractivity contribution >= 4 is 28.1 Å². The van der Waals surface area contributed by atoms with E-state index in [0.717, 1.165) is 33.8 Å². The minimum absolute atomic E-state index is 0.0441. The quantitative estimate of drug-likeness (QED) is 0.594. The monoisotopic (exact) mass is 362 g/mol. The van der Waals surface area contributed by atoms with Gasteiger partial charge in [-0.1, -0.05) is 19.1 Å². The predicted molar refractivity (Wildman–Crippen MR) is 106 cm³/mol. The average molecular weight is 362 g/mol. The Morgan fingerprint density at radius 2 is 2.04 bits per heavy atom. The van der Waals surface area contributed by atoms with Crippen molar-refractivity contribution < 1.29 is 0 Å². The fourth-order valence-corrected chi connectivity index (χ4v) is 4.09. The number of anilines is 1. The van der Waals surface area contributed by atoms with E-state index < -0.39 is 0 Å². The molecule has 5 rings (SSSR count). The molecule has 1 aromatic carbocycles. The van der Waals surface area contributed by atoms with E-state index in [9.17, 15) is 4.79 Å². The molecular formula is C20H18N4OS. The van der Waals surface area contributed by atoms with Crippen LogP contribution in [-0.4, -0.2) is 20.0 Å². The summed E-state index contributed by atoms with van der Waals surface area (Å²) in [4.78, 5) is 18.8. The average Bonchev–Trinajstić information content (AvgIpc) is 3.45. The number of rotatable bonds is 4. The highest BCUT2D eigenvalue weighted by Crippen LogP contribution is 2.43. The van der Waals surface area contributed by atoms with Crippen molar-refractivity contribution in [3.8, 4) is 16.1 Å². The Labute approximate surface area is 154 Å². The van der Waals surface area contributed by atoms with Crippen LogP contribution < -0.4 is 10.9 Å². The Hall–Kier alpha value is -2.73. The van der Waals surface area contributed by atoms with E-state index in [0.29, 0.717) is 11.4 Å².